The van der Waals surface area contributed by atoms with Crippen LogP contribution in [0.4, 0.5) is 0 Å². The van der Waals surface area contributed by atoms with Gasteiger partial charge in [0.05, 0.1) is 0 Å². The molecule has 0 spiro atoms. The maximum absolute atomic E-state index is 8.89. The van der Waals surface area contributed by atoms with Crippen molar-refractivity contribution in [2.45, 2.75) is 0 Å². The van der Waals surface area contributed by atoms with Crippen molar-refractivity contribution in [3.05, 3.63) is 21.4 Å². The maximum Gasteiger partial charge on any atom is 0.161 e. The number of carboxylic acid groups (broad SMARTS) is 1. The van der Waals surface area contributed by atoms with E-state index in [0.29, 0.717) is 0 Å². The normalized spacial score (nSPS) is 6.00. The van der Waals surface area contributed by atoms with Crippen LogP contribution in [-0.2, 0) is 25.9 Å². The molecule has 1 N–H and O–H groups in total. The molecular weight excluding hydrogens is 302 g/mol. The third-order valence-corrected chi connectivity index (χ3v) is 0. The first-order valence-electron chi connectivity index (χ1n) is 1.99. The Morgan fingerprint density at radius 2 is 1.50 bits per heavy atom. The Kier molecular flexibility index (Phi) is 36.0. The van der Waals surface area contributed by atoms with Crippen molar-refractivity contribution in [1.29, 1.82) is 0 Å². The second-order valence-corrected chi connectivity index (χ2v) is 1.47. The maximum atomic E-state index is 8.89. The number of aliphatic carboxylic acids is 1. The monoisotopic (exact) mass is 316 g/mol. The van der Waals surface area contributed by atoms with Crippen LogP contribution in [-0.4, -0.2) is 30.1 Å². The summed E-state index contributed by atoms with van der Waals surface area (Å²) in [4.78, 5) is 10.6. The molecule has 0 aliphatic carbocycles. The second-order valence-electron chi connectivity index (χ2n) is 1.47. The molecule has 0 aliphatic rings. The smallest absolute Gasteiger partial charge is 0.161 e. The summed E-state index contributed by atoms with van der Waals surface area (Å²) in [5, 5.41) is 7.31. The molecule has 0 saturated carbocycles. The average Bonchev–Trinajstić information content (AvgIpc) is 1.25. The zero-order chi connectivity index (χ0) is 7.15. The summed E-state index contributed by atoms with van der Waals surface area (Å²) in [6.45, 7) is 2.56. The molecule has 0 heterocycles. The molecule has 0 atom stereocenters. The van der Waals surface area contributed by atoms with Gasteiger partial charge in [-0.25, -0.2) is 0 Å². The quantitative estimate of drug-likeness (QED) is 0.669. The van der Waals surface area contributed by atoms with Gasteiger partial charge in [0, 0.05) is 21.1 Å². The van der Waals surface area contributed by atoms with Gasteiger partial charge in [0.25, 0.3) is 0 Å². The summed E-state index contributed by atoms with van der Waals surface area (Å²) in [5.41, 5.74) is 0. The Morgan fingerprint density at radius 1 is 1.50 bits per heavy atom. The summed E-state index contributed by atoms with van der Waals surface area (Å²) in [7, 11) is 7.25. The van der Waals surface area contributed by atoms with Crippen LogP contribution in [0.1, 0.15) is 0 Å². The van der Waals surface area contributed by atoms with Gasteiger partial charge in [0.1, 0.15) is 0 Å². The number of hydrogen-bond donors (Lipinski definition) is 1. The molecular formula is C6H14NO2W-3. The zero-order valence-electron chi connectivity index (χ0n) is 6.63. The summed E-state index contributed by atoms with van der Waals surface area (Å²) in [5.74, 6) is -1.08. The molecule has 0 fully saturated rings. The number of hydrogen-bond acceptors (Lipinski definition) is 2. The summed E-state index contributed by atoms with van der Waals surface area (Å²) < 4.78 is 0. The van der Waals surface area contributed by atoms with Crippen molar-refractivity contribution in [2.24, 2.45) is 0 Å². The first-order valence-corrected chi connectivity index (χ1v) is 1.99. The van der Waals surface area contributed by atoms with Crippen LogP contribution < -0.4 is 0 Å². The van der Waals surface area contributed by atoms with Crippen molar-refractivity contribution >= 4 is 5.97 Å². The molecule has 0 rings (SSSR count). The molecule has 0 aliphatic heterocycles. The van der Waals surface area contributed by atoms with Gasteiger partial charge in [0.2, 0.25) is 0 Å². The third-order valence-electron chi connectivity index (χ3n) is 0. The Labute approximate surface area is 77.7 Å². The van der Waals surface area contributed by atoms with Crippen molar-refractivity contribution < 1.29 is 31.0 Å². The number of carbonyl (C=O) groups is 1. The molecule has 4 heteroatoms. The van der Waals surface area contributed by atoms with Crippen molar-refractivity contribution in [2.75, 3.05) is 14.1 Å². The van der Waals surface area contributed by atoms with E-state index in [4.69, 9.17) is 9.90 Å². The van der Waals surface area contributed by atoms with Gasteiger partial charge in [-0.3, -0.25) is 18.8 Å². The fraction of sp³-hybridized carbons (Fsp3) is 0.333. The molecule has 0 amide bonds. The largest absolute Gasteiger partial charge is 0.503 e. The van der Waals surface area contributed by atoms with E-state index in [-0.39, 0.29) is 28.5 Å². The van der Waals surface area contributed by atoms with Gasteiger partial charge < -0.3 is 17.4 Å². The summed E-state index contributed by atoms with van der Waals surface area (Å²) >= 11 is 0. The van der Waals surface area contributed by atoms with E-state index in [1.165, 1.54) is 0 Å². The van der Waals surface area contributed by atoms with Crippen molar-refractivity contribution in [1.82, 2.24) is 4.90 Å². The minimum atomic E-state index is -1.08. The SMILES string of the molecule is [CH2-]C(=O)O.[CH2-]N(C)C.[CH3-].[W]. The van der Waals surface area contributed by atoms with Crippen LogP contribution in [0.25, 0.3) is 0 Å². The van der Waals surface area contributed by atoms with E-state index in [1.807, 2.05) is 14.1 Å². The van der Waals surface area contributed by atoms with E-state index >= 15 is 0 Å². The first kappa shape index (κ1) is 22.5. The molecule has 64 valence electrons. The minimum Gasteiger partial charge on any atom is -0.503 e. The van der Waals surface area contributed by atoms with Gasteiger partial charge in [-0.2, -0.15) is 0 Å². The zero-order valence-corrected chi connectivity index (χ0v) is 9.56. The molecule has 0 unspecified atom stereocenters. The van der Waals surface area contributed by atoms with E-state index in [9.17, 15) is 0 Å². The van der Waals surface area contributed by atoms with Gasteiger partial charge in [0.15, 0.2) is 5.97 Å². The molecule has 0 saturated heterocycles. The number of carboxylic acids is 1. The molecule has 0 bridgehead atoms. The fourth-order valence-corrected chi connectivity index (χ4v) is 0. The molecule has 0 radical (unpaired) electrons. The van der Waals surface area contributed by atoms with Crippen LogP contribution in [0.5, 0.6) is 0 Å². The van der Waals surface area contributed by atoms with Crippen LogP contribution in [0, 0.1) is 21.4 Å². The van der Waals surface area contributed by atoms with Gasteiger partial charge in [-0.15, -0.1) is 0 Å². The Morgan fingerprint density at radius 3 is 1.50 bits per heavy atom. The van der Waals surface area contributed by atoms with Crippen molar-refractivity contribution in [3.8, 4) is 0 Å². The van der Waals surface area contributed by atoms with E-state index in [1.54, 1.807) is 4.90 Å². The van der Waals surface area contributed by atoms with E-state index < -0.39 is 5.97 Å². The van der Waals surface area contributed by atoms with Crippen molar-refractivity contribution in [3.63, 3.8) is 0 Å². The number of rotatable bonds is 0. The molecule has 10 heavy (non-hydrogen) atoms. The molecule has 3 nitrogen and oxygen atoms in total. The van der Waals surface area contributed by atoms with E-state index in [2.05, 4.69) is 14.0 Å². The fourth-order valence-electron chi connectivity index (χ4n) is 0. The Balaban J connectivity index is -0.0000000300. The second kappa shape index (κ2) is 16.0. The minimum absolute atomic E-state index is 0. The summed E-state index contributed by atoms with van der Waals surface area (Å²) in [6.07, 6.45) is 0. The summed E-state index contributed by atoms with van der Waals surface area (Å²) in [6, 6.07) is 0. The Bertz CT molecular complexity index is 60.0. The topological polar surface area (TPSA) is 40.5 Å². The predicted molar refractivity (Wildman–Crippen MR) is 38.5 cm³/mol. The molecule has 0 aromatic carbocycles. The van der Waals surface area contributed by atoms with Crippen LogP contribution in [0.15, 0.2) is 0 Å². The van der Waals surface area contributed by atoms with Gasteiger partial charge >= 0.3 is 0 Å². The predicted octanol–water partition coefficient (Wildman–Crippen LogP) is 0.692. The molecule has 0 aromatic heterocycles. The van der Waals surface area contributed by atoms with Crippen LogP contribution >= 0.6 is 0 Å². The first-order chi connectivity index (χ1) is 3.46. The van der Waals surface area contributed by atoms with Crippen LogP contribution in [0.2, 0.25) is 0 Å². The standard InChI is InChI=1S/C3H8N.C2H3O2.CH3.W/c1-4(2)3;1-2(3)4;;/h1H2,2-3H3;1H2,(H,3,4);1H3;/q3*-1;. The third kappa shape index (κ3) is 2860000. The van der Waals surface area contributed by atoms with E-state index in [0.717, 1.165) is 0 Å². The van der Waals surface area contributed by atoms with Gasteiger partial charge in [-0.05, 0) is 14.1 Å². The van der Waals surface area contributed by atoms with Gasteiger partial charge in [-0.1, -0.05) is 0 Å². The van der Waals surface area contributed by atoms with Crippen LogP contribution in [0.3, 0.4) is 0 Å². The average molecular weight is 316 g/mol. The Hall–Kier alpha value is -0.0117. The number of nitrogens with zero attached hydrogens (tertiary/aromatic N) is 1. The molecule has 0 aromatic rings.